The molecule has 0 aromatic heterocycles. The number of likely N-dealkylation sites (N-methyl/N-ethyl adjacent to an activating group) is 2. The van der Waals surface area contributed by atoms with Crippen molar-refractivity contribution in [2.75, 3.05) is 40.3 Å². The van der Waals surface area contributed by atoms with Crippen molar-refractivity contribution in [2.24, 2.45) is 0 Å². The Morgan fingerprint density at radius 1 is 1.19 bits per heavy atom. The van der Waals surface area contributed by atoms with Gasteiger partial charge < -0.3 is 15.1 Å². The third-order valence-electron chi connectivity index (χ3n) is 4.34. The van der Waals surface area contributed by atoms with E-state index in [0.717, 1.165) is 12.1 Å². The predicted octanol–water partition coefficient (Wildman–Crippen LogP) is 1.15. The van der Waals surface area contributed by atoms with Gasteiger partial charge in [0.25, 0.3) is 0 Å². The highest BCUT2D eigenvalue weighted by atomic mass is 15.2. The average molecular weight is 225 g/mol. The van der Waals surface area contributed by atoms with Gasteiger partial charge in [0.1, 0.15) is 0 Å². The van der Waals surface area contributed by atoms with Gasteiger partial charge >= 0.3 is 0 Å². The highest BCUT2D eigenvalue weighted by Gasteiger charge is 2.25. The van der Waals surface area contributed by atoms with Gasteiger partial charge in [-0.2, -0.15) is 0 Å². The molecule has 2 rings (SSSR count). The Bertz CT molecular complexity index is 199. The van der Waals surface area contributed by atoms with Gasteiger partial charge in [0.05, 0.1) is 0 Å². The summed E-state index contributed by atoms with van der Waals surface area (Å²) in [5.41, 5.74) is 0. The molecule has 2 saturated heterocycles. The molecule has 2 unspecified atom stereocenters. The van der Waals surface area contributed by atoms with Gasteiger partial charge in [-0.25, -0.2) is 0 Å². The van der Waals surface area contributed by atoms with Crippen LogP contribution in [0.4, 0.5) is 0 Å². The fraction of sp³-hybridized carbons (Fsp3) is 1.00. The van der Waals surface area contributed by atoms with E-state index in [1.54, 1.807) is 0 Å². The number of likely N-dealkylation sites (tertiary alicyclic amines) is 1. The van der Waals surface area contributed by atoms with Crippen molar-refractivity contribution < 1.29 is 0 Å². The van der Waals surface area contributed by atoms with Gasteiger partial charge in [-0.3, -0.25) is 0 Å². The fourth-order valence-electron chi connectivity index (χ4n) is 3.13. The maximum Gasteiger partial charge on any atom is 0.0220 e. The van der Waals surface area contributed by atoms with E-state index in [-0.39, 0.29) is 0 Å². The zero-order chi connectivity index (χ0) is 11.4. The predicted molar refractivity (Wildman–Crippen MR) is 68.8 cm³/mol. The lowest BCUT2D eigenvalue weighted by Crippen LogP contribution is -2.42. The molecule has 0 spiro atoms. The molecule has 2 fully saturated rings. The Labute approximate surface area is 100 Å². The minimum atomic E-state index is 0.807. The van der Waals surface area contributed by atoms with E-state index in [1.165, 1.54) is 58.3 Å². The van der Waals surface area contributed by atoms with Crippen LogP contribution in [-0.4, -0.2) is 62.2 Å². The van der Waals surface area contributed by atoms with Crippen molar-refractivity contribution in [1.29, 1.82) is 0 Å². The number of nitrogens with one attached hydrogen (secondary N) is 1. The van der Waals surface area contributed by atoms with Gasteiger partial charge in [-0.1, -0.05) is 0 Å². The molecular weight excluding hydrogens is 198 g/mol. The van der Waals surface area contributed by atoms with Crippen molar-refractivity contribution in [1.82, 2.24) is 15.1 Å². The van der Waals surface area contributed by atoms with Crippen LogP contribution in [0.3, 0.4) is 0 Å². The van der Waals surface area contributed by atoms with Crippen molar-refractivity contribution in [3.05, 3.63) is 0 Å². The lowest BCUT2D eigenvalue weighted by atomic mass is 10.1. The van der Waals surface area contributed by atoms with Gasteiger partial charge in [0, 0.05) is 18.6 Å². The second-order valence-corrected chi connectivity index (χ2v) is 5.55. The molecule has 3 nitrogen and oxygen atoms in total. The largest absolute Gasteiger partial charge is 0.317 e. The summed E-state index contributed by atoms with van der Waals surface area (Å²) in [5.74, 6) is 0. The lowest BCUT2D eigenvalue weighted by molar-refractivity contribution is 0.167. The van der Waals surface area contributed by atoms with E-state index in [1.807, 2.05) is 0 Å². The lowest BCUT2D eigenvalue weighted by Gasteiger charge is -2.31. The summed E-state index contributed by atoms with van der Waals surface area (Å²) in [4.78, 5) is 5.14. The molecule has 94 valence electrons. The van der Waals surface area contributed by atoms with Crippen LogP contribution in [0.2, 0.25) is 0 Å². The van der Waals surface area contributed by atoms with Crippen LogP contribution in [0.25, 0.3) is 0 Å². The van der Waals surface area contributed by atoms with Crippen LogP contribution < -0.4 is 5.32 Å². The Hall–Kier alpha value is -0.120. The van der Waals surface area contributed by atoms with E-state index in [9.17, 15) is 0 Å². The number of rotatable bonds is 3. The molecule has 0 saturated carbocycles. The summed E-state index contributed by atoms with van der Waals surface area (Å²) in [6, 6.07) is 1.62. The molecule has 0 amide bonds. The number of nitrogens with zero attached hydrogens (tertiary/aromatic N) is 2. The van der Waals surface area contributed by atoms with Crippen LogP contribution in [0.5, 0.6) is 0 Å². The first-order chi connectivity index (χ1) is 7.77. The highest BCUT2D eigenvalue weighted by Crippen LogP contribution is 2.18. The van der Waals surface area contributed by atoms with Crippen LogP contribution in [0, 0.1) is 0 Å². The molecule has 0 aliphatic carbocycles. The summed E-state index contributed by atoms with van der Waals surface area (Å²) in [7, 11) is 4.60. The SMILES string of the molecule is CN1CCCC1CN(C)C1CCCNCC1. The van der Waals surface area contributed by atoms with Crippen molar-refractivity contribution in [2.45, 2.75) is 44.2 Å². The Balaban J connectivity index is 1.79. The zero-order valence-corrected chi connectivity index (χ0v) is 10.9. The fourth-order valence-corrected chi connectivity index (χ4v) is 3.13. The normalized spacial score (nSPS) is 33.2. The summed E-state index contributed by atoms with van der Waals surface area (Å²) >= 11 is 0. The molecule has 16 heavy (non-hydrogen) atoms. The maximum absolute atomic E-state index is 3.50. The summed E-state index contributed by atoms with van der Waals surface area (Å²) < 4.78 is 0. The zero-order valence-electron chi connectivity index (χ0n) is 10.9. The monoisotopic (exact) mass is 225 g/mol. The molecule has 2 aliphatic heterocycles. The maximum atomic E-state index is 3.50. The van der Waals surface area contributed by atoms with Gasteiger partial charge in [0.2, 0.25) is 0 Å². The van der Waals surface area contributed by atoms with Crippen LogP contribution in [-0.2, 0) is 0 Å². The summed E-state index contributed by atoms with van der Waals surface area (Å²) in [6.45, 7) is 4.98. The smallest absolute Gasteiger partial charge is 0.0220 e. The molecule has 1 N–H and O–H groups in total. The second kappa shape index (κ2) is 5.99. The van der Waals surface area contributed by atoms with Crippen LogP contribution >= 0.6 is 0 Å². The van der Waals surface area contributed by atoms with Gasteiger partial charge in [0.15, 0.2) is 0 Å². The minimum absolute atomic E-state index is 0.807. The first kappa shape index (κ1) is 12.3. The van der Waals surface area contributed by atoms with Crippen molar-refractivity contribution >= 4 is 0 Å². The van der Waals surface area contributed by atoms with Crippen LogP contribution in [0.15, 0.2) is 0 Å². The molecular formula is C13H27N3. The highest BCUT2D eigenvalue weighted by molar-refractivity contribution is 4.82. The van der Waals surface area contributed by atoms with E-state index in [4.69, 9.17) is 0 Å². The molecule has 0 bridgehead atoms. The first-order valence-electron chi connectivity index (χ1n) is 6.88. The molecule has 3 heteroatoms. The van der Waals surface area contributed by atoms with E-state index in [2.05, 4.69) is 29.2 Å². The van der Waals surface area contributed by atoms with Gasteiger partial charge in [-0.15, -0.1) is 0 Å². The molecule has 0 aromatic carbocycles. The quantitative estimate of drug-likeness (QED) is 0.777. The van der Waals surface area contributed by atoms with Gasteiger partial charge in [-0.05, 0) is 65.8 Å². The molecule has 0 aromatic rings. The topological polar surface area (TPSA) is 18.5 Å². The third-order valence-corrected chi connectivity index (χ3v) is 4.34. The number of hydrogen-bond acceptors (Lipinski definition) is 3. The van der Waals surface area contributed by atoms with E-state index in [0.29, 0.717) is 0 Å². The van der Waals surface area contributed by atoms with E-state index >= 15 is 0 Å². The average Bonchev–Trinajstić information content (AvgIpc) is 2.57. The van der Waals surface area contributed by atoms with Crippen molar-refractivity contribution in [3.8, 4) is 0 Å². The molecule has 2 aliphatic rings. The Kier molecular flexibility index (Phi) is 4.62. The molecule has 2 heterocycles. The first-order valence-corrected chi connectivity index (χ1v) is 6.88. The molecule has 0 radical (unpaired) electrons. The van der Waals surface area contributed by atoms with E-state index < -0.39 is 0 Å². The Morgan fingerprint density at radius 2 is 2.06 bits per heavy atom. The standard InChI is InChI=1S/C13H27N3/c1-15-10-4-6-13(15)11-16(2)12-5-3-8-14-9-7-12/h12-14H,3-11H2,1-2H3. The summed E-state index contributed by atoms with van der Waals surface area (Å²) in [5, 5.41) is 3.50. The third kappa shape index (κ3) is 3.19. The second-order valence-electron chi connectivity index (χ2n) is 5.55. The van der Waals surface area contributed by atoms with Crippen molar-refractivity contribution in [3.63, 3.8) is 0 Å². The summed E-state index contributed by atoms with van der Waals surface area (Å²) in [6.07, 6.45) is 6.83. The minimum Gasteiger partial charge on any atom is -0.317 e. The molecule has 2 atom stereocenters. The van der Waals surface area contributed by atoms with Crippen LogP contribution in [0.1, 0.15) is 32.1 Å². The Morgan fingerprint density at radius 3 is 2.81 bits per heavy atom. The number of hydrogen-bond donors (Lipinski definition) is 1.